The molecule has 0 spiro atoms. The van der Waals surface area contributed by atoms with Crippen LogP contribution in [0.1, 0.15) is 120 Å². The molecule has 0 heterocycles. The third kappa shape index (κ3) is 4.05. The molecule has 5 unspecified atom stereocenters. The van der Waals surface area contributed by atoms with Crippen molar-refractivity contribution in [1.29, 1.82) is 0 Å². The zero-order valence-corrected chi connectivity index (χ0v) is 26.6. The van der Waals surface area contributed by atoms with E-state index in [-0.39, 0.29) is 33.7 Å². The van der Waals surface area contributed by atoms with Gasteiger partial charge in [-0.2, -0.15) is 13.1 Å². The van der Waals surface area contributed by atoms with E-state index in [2.05, 4.69) is 53.2 Å². The highest BCUT2D eigenvalue weighted by molar-refractivity contribution is 7.84. The molecule has 10 atom stereocenters. The summed E-state index contributed by atoms with van der Waals surface area (Å²) in [6.07, 6.45) is 9.73. The van der Waals surface area contributed by atoms with Crippen molar-refractivity contribution in [3.8, 4) is 0 Å². The summed E-state index contributed by atoms with van der Waals surface area (Å²) in [6.45, 7) is 18.9. The highest BCUT2D eigenvalue weighted by atomic mass is 32.2. The van der Waals surface area contributed by atoms with Crippen LogP contribution in [0, 0.1) is 62.6 Å². The lowest BCUT2D eigenvalue weighted by atomic mass is 9.32. The zero-order valence-electron chi connectivity index (χ0n) is 25.8. The summed E-state index contributed by atoms with van der Waals surface area (Å²) in [4.78, 5) is 12.9. The number of aliphatic carboxylic acids is 1. The summed E-state index contributed by atoms with van der Waals surface area (Å²) >= 11 is 0. The molecular weight excluding hydrogens is 510 g/mol. The highest BCUT2D eigenvalue weighted by Gasteiger charge is 2.72. The van der Waals surface area contributed by atoms with Gasteiger partial charge in [0.05, 0.1) is 11.5 Å². The molecular formula is C32H55NO5S. The molecule has 0 radical (unpaired) electrons. The Labute approximate surface area is 238 Å². The van der Waals surface area contributed by atoms with Crippen LogP contribution < -0.4 is 4.72 Å². The average Bonchev–Trinajstić information content (AvgIpc) is 3.23. The lowest BCUT2D eigenvalue weighted by Crippen LogP contribution is -2.67. The zero-order chi connectivity index (χ0) is 28.8. The van der Waals surface area contributed by atoms with Crippen LogP contribution in [0.3, 0.4) is 0 Å². The number of nitrogens with one attached hydrogen (secondary N) is 1. The third-order valence-electron chi connectivity index (χ3n) is 14.3. The fraction of sp³-hybridized carbons (Fsp3) is 0.969. The molecule has 0 aromatic rings. The van der Waals surface area contributed by atoms with E-state index in [9.17, 15) is 18.3 Å². The van der Waals surface area contributed by atoms with Gasteiger partial charge in [-0.25, -0.2) is 0 Å². The van der Waals surface area contributed by atoms with Crippen LogP contribution in [0.25, 0.3) is 0 Å². The largest absolute Gasteiger partial charge is 0.481 e. The molecule has 0 saturated heterocycles. The molecule has 2 N–H and O–H groups in total. The number of carboxylic acid groups (broad SMARTS) is 1. The Balaban J connectivity index is 1.48. The van der Waals surface area contributed by atoms with Crippen LogP contribution >= 0.6 is 0 Å². The second kappa shape index (κ2) is 9.42. The topological polar surface area (TPSA) is 92.7 Å². The van der Waals surface area contributed by atoms with Crippen molar-refractivity contribution in [3.05, 3.63) is 0 Å². The minimum atomic E-state index is -3.75. The minimum Gasteiger partial charge on any atom is -0.481 e. The minimum absolute atomic E-state index is 0.126. The lowest BCUT2D eigenvalue weighted by molar-refractivity contribution is -0.247. The van der Waals surface area contributed by atoms with E-state index in [0.29, 0.717) is 36.1 Å². The summed E-state index contributed by atoms with van der Waals surface area (Å²) in [5.74, 6) is 2.20. The normalized spacial score (nSPS) is 49.1. The fourth-order valence-electron chi connectivity index (χ4n) is 12.3. The first kappa shape index (κ1) is 29.8. The molecule has 5 aliphatic rings. The van der Waals surface area contributed by atoms with Crippen LogP contribution in [0.15, 0.2) is 0 Å². The lowest BCUT2D eigenvalue weighted by Gasteiger charge is -2.72. The van der Waals surface area contributed by atoms with Gasteiger partial charge in [-0.05, 0) is 121 Å². The smallest absolute Gasteiger partial charge is 0.336 e. The second-order valence-corrected chi connectivity index (χ2v) is 17.4. The summed E-state index contributed by atoms with van der Waals surface area (Å²) in [6, 6.07) is 0. The molecule has 224 valence electrons. The Morgan fingerprint density at radius 3 is 2.21 bits per heavy atom. The maximum atomic E-state index is 12.9. The van der Waals surface area contributed by atoms with Gasteiger partial charge in [0.25, 0.3) is 0 Å². The van der Waals surface area contributed by atoms with Crippen molar-refractivity contribution in [3.63, 3.8) is 0 Å². The maximum absolute atomic E-state index is 12.9. The van der Waals surface area contributed by atoms with Gasteiger partial charge >= 0.3 is 16.3 Å². The second-order valence-electron chi connectivity index (χ2n) is 16.0. The third-order valence-corrected chi connectivity index (χ3v) is 15.4. The first-order valence-corrected chi connectivity index (χ1v) is 17.3. The van der Waals surface area contributed by atoms with Crippen molar-refractivity contribution >= 4 is 16.3 Å². The summed E-state index contributed by atoms with van der Waals surface area (Å²) in [5, 5.41) is 10.6. The van der Waals surface area contributed by atoms with Gasteiger partial charge in [-0.1, -0.05) is 55.4 Å². The van der Waals surface area contributed by atoms with E-state index in [1.807, 2.05) is 0 Å². The first-order chi connectivity index (χ1) is 18.0. The molecule has 0 aromatic carbocycles. The fourth-order valence-corrected chi connectivity index (χ4v) is 13.3. The van der Waals surface area contributed by atoms with Crippen LogP contribution in [0.5, 0.6) is 0 Å². The molecule has 5 fully saturated rings. The van der Waals surface area contributed by atoms with Crippen molar-refractivity contribution in [2.75, 3.05) is 6.54 Å². The number of hydrogen-bond acceptors (Lipinski definition) is 4. The maximum Gasteiger partial charge on any atom is 0.336 e. The predicted octanol–water partition coefficient (Wildman–Crippen LogP) is 7.05. The van der Waals surface area contributed by atoms with Crippen LogP contribution in [-0.4, -0.2) is 32.1 Å². The van der Waals surface area contributed by atoms with Gasteiger partial charge in [-0.3, -0.25) is 8.98 Å². The molecule has 0 amide bonds. The quantitative estimate of drug-likeness (QED) is 0.360. The van der Waals surface area contributed by atoms with E-state index in [1.165, 1.54) is 0 Å². The summed E-state index contributed by atoms with van der Waals surface area (Å²) in [7, 11) is -3.75. The Morgan fingerprint density at radius 2 is 1.59 bits per heavy atom. The van der Waals surface area contributed by atoms with E-state index < -0.39 is 21.7 Å². The standard InChI is InChI=1S/C32H55NO5S/c1-9-33-39(36,37)38-25-14-15-29(6)23(28(25,4)5)13-16-31(8)24(29)11-10-22-26-21(20(2)3)12-17-32(26,27(34)35)19-18-30(22,31)7/h20-26,33H,9-19H2,1-8H3,(H,34,35)/t21-,22?,23?,24?,25?,26?,29-,30+,31+,32-/m0/s1. The molecule has 0 bridgehead atoms. The number of carboxylic acids is 1. The average molecular weight is 566 g/mol. The molecule has 39 heavy (non-hydrogen) atoms. The van der Waals surface area contributed by atoms with E-state index >= 15 is 0 Å². The van der Waals surface area contributed by atoms with Crippen molar-refractivity contribution < 1.29 is 22.5 Å². The molecule has 6 nitrogen and oxygen atoms in total. The predicted molar refractivity (Wildman–Crippen MR) is 154 cm³/mol. The Morgan fingerprint density at radius 1 is 0.897 bits per heavy atom. The van der Waals surface area contributed by atoms with Gasteiger partial charge < -0.3 is 5.11 Å². The number of carbonyl (C=O) groups is 1. The van der Waals surface area contributed by atoms with Crippen LogP contribution in [0.2, 0.25) is 0 Å². The van der Waals surface area contributed by atoms with Gasteiger partial charge in [0.1, 0.15) is 0 Å². The first-order valence-electron chi connectivity index (χ1n) is 15.9. The monoisotopic (exact) mass is 565 g/mol. The number of hydrogen-bond donors (Lipinski definition) is 2. The summed E-state index contributed by atoms with van der Waals surface area (Å²) < 4.78 is 33.5. The van der Waals surface area contributed by atoms with Gasteiger partial charge in [0.15, 0.2) is 0 Å². The van der Waals surface area contributed by atoms with Crippen molar-refractivity contribution in [2.45, 2.75) is 126 Å². The van der Waals surface area contributed by atoms with Gasteiger partial charge in [-0.15, -0.1) is 0 Å². The Bertz CT molecular complexity index is 1090. The SMILES string of the molecule is CCNS(=O)(=O)OC1CC[C@@]2(C)C(CC[C@]3(C)C2CCC2C4[C@H](C(C)C)CC[C@]4(C(=O)O)CC[C@]23C)C1(C)C. The van der Waals surface area contributed by atoms with E-state index in [4.69, 9.17) is 4.18 Å². The molecule has 5 saturated carbocycles. The van der Waals surface area contributed by atoms with E-state index in [0.717, 1.165) is 64.2 Å². The molecule has 5 rings (SSSR count). The van der Waals surface area contributed by atoms with Gasteiger partial charge in [0, 0.05) is 6.54 Å². The van der Waals surface area contributed by atoms with Gasteiger partial charge in [0.2, 0.25) is 0 Å². The Kier molecular flexibility index (Phi) is 7.20. The van der Waals surface area contributed by atoms with Crippen LogP contribution in [-0.2, 0) is 19.3 Å². The highest BCUT2D eigenvalue weighted by Crippen LogP contribution is 2.77. The summed E-state index contributed by atoms with van der Waals surface area (Å²) in [5.41, 5.74) is -0.347. The Hall–Kier alpha value is -0.660. The van der Waals surface area contributed by atoms with Crippen LogP contribution in [0.4, 0.5) is 0 Å². The number of rotatable bonds is 6. The number of fused-ring (bicyclic) bond motifs is 7. The molecule has 5 aliphatic carbocycles. The molecule has 7 heteroatoms. The van der Waals surface area contributed by atoms with Crippen molar-refractivity contribution in [1.82, 2.24) is 4.72 Å². The van der Waals surface area contributed by atoms with E-state index in [1.54, 1.807) is 6.92 Å². The van der Waals surface area contributed by atoms with Crippen molar-refractivity contribution in [2.24, 2.45) is 62.6 Å². The molecule has 0 aromatic heterocycles. The molecule has 0 aliphatic heterocycles.